The van der Waals surface area contributed by atoms with Gasteiger partial charge in [-0.15, -0.1) is 10.2 Å². The lowest BCUT2D eigenvalue weighted by Crippen LogP contribution is -2.12. The summed E-state index contributed by atoms with van der Waals surface area (Å²) in [5, 5.41) is 9.62. The summed E-state index contributed by atoms with van der Waals surface area (Å²) in [5.41, 5.74) is 2.49. The summed E-state index contributed by atoms with van der Waals surface area (Å²) in [6.07, 6.45) is 0. The van der Waals surface area contributed by atoms with E-state index in [4.69, 9.17) is 0 Å². The van der Waals surface area contributed by atoms with Gasteiger partial charge in [-0.25, -0.2) is 4.98 Å². The van der Waals surface area contributed by atoms with Crippen molar-refractivity contribution in [3.8, 4) is 0 Å². The number of nitrogens with one attached hydrogen (secondary N) is 1. The maximum atomic E-state index is 12.0. The first-order valence-electron chi connectivity index (χ1n) is 5.99. The van der Waals surface area contributed by atoms with Gasteiger partial charge in [-0.05, 0) is 18.2 Å². The molecule has 1 aromatic carbocycles. The van der Waals surface area contributed by atoms with Gasteiger partial charge in [0, 0.05) is 5.39 Å². The molecule has 19 heavy (non-hydrogen) atoms. The van der Waals surface area contributed by atoms with E-state index in [2.05, 4.69) is 20.2 Å². The maximum Gasteiger partial charge on any atom is 0.280 e. The molecule has 0 saturated heterocycles. The zero-order valence-electron chi connectivity index (χ0n) is 10.6. The lowest BCUT2D eigenvalue weighted by atomic mass is 10.1. The number of fused-ring (bicyclic) bond motifs is 3. The van der Waals surface area contributed by atoms with Crippen molar-refractivity contribution in [1.29, 1.82) is 0 Å². The topological polar surface area (TPSA) is 71.5 Å². The fourth-order valence-electron chi connectivity index (χ4n) is 2.01. The van der Waals surface area contributed by atoms with Gasteiger partial charge < -0.3 is 0 Å². The average Bonchev–Trinajstić information content (AvgIpc) is 2.39. The molecule has 0 saturated carbocycles. The van der Waals surface area contributed by atoms with Gasteiger partial charge in [0.1, 0.15) is 5.52 Å². The van der Waals surface area contributed by atoms with Crippen molar-refractivity contribution in [1.82, 2.24) is 20.2 Å². The minimum absolute atomic E-state index is 0.239. The molecule has 96 valence electrons. The molecule has 2 aromatic heterocycles. The SMILES string of the molecule is CCSc1nc2c(nnc3c(C)cccc32)c(=O)[nH]1. The van der Waals surface area contributed by atoms with Gasteiger partial charge >= 0.3 is 0 Å². The van der Waals surface area contributed by atoms with Crippen LogP contribution in [0.25, 0.3) is 21.9 Å². The molecule has 1 N–H and O–H groups in total. The summed E-state index contributed by atoms with van der Waals surface area (Å²) in [5.74, 6) is 0.851. The number of nitrogens with zero attached hydrogens (tertiary/aromatic N) is 3. The van der Waals surface area contributed by atoms with Gasteiger partial charge in [-0.3, -0.25) is 9.78 Å². The summed E-state index contributed by atoms with van der Waals surface area (Å²) in [7, 11) is 0. The molecule has 0 bridgehead atoms. The fraction of sp³-hybridized carbons (Fsp3) is 0.231. The van der Waals surface area contributed by atoms with E-state index in [-0.39, 0.29) is 5.56 Å². The van der Waals surface area contributed by atoms with Gasteiger partial charge in [-0.1, -0.05) is 36.9 Å². The van der Waals surface area contributed by atoms with E-state index >= 15 is 0 Å². The molecule has 6 heteroatoms. The molecule has 3 aromatic rings. The Morgan fingerprint density at radius 2 is 2.00 bits per heavy atom. The predicted octanol–water partition coefficient (Wildman–Crippen LogP) is 2.29. The molecule has 0 fully saturated rings. The molecule has 0 aliphatic rings. The van der Waals surface area contributed by atoms with Gasteiger partial charge in [0.25, 0.3) is 5.56 Å². The predicted molar refractivity (Wildman–Crippen MR) is 76.6 cm³/mol. The van der Waals surface area contributed by atoms with Crippen LogP contribution in [0.5, 0.6) is 0 Å². The lowest BCUT2D eigenvalue weighted by molar-refractivity contribution is 0.956. The molecule has 0 atom stereocenters. The molecule has 0 aliphatic carbocycles. The summed E-state index contributed by atoms with van der Waals surface area (Å²) < 4.78 is 0. The van der Waals surface area contributed by atoms with Crippen molar-refractivity contribution in [2.75, 3.05) is 5.75 Å². The Morgan fingerprint density at radius 3 is 2.79 bits per heavy atom. The number of benzene rings is 1. The zero-order valence-corrected chi connectivity index (χ0v) is 11.4. The number of aromatic amines is 1. The molecule has 5 nitrogen and oxygen atoms in total. The number of H-pyrrole nitrogens is 1. The normalized spacial score (nSPS) is 11.3. The van der Waals surface area contributed by atoms with Gasteiger partial charge in [0.2, 0.25) is 0 Å². The van der Waals surface area contributed by atoms with E-state index in [1.165, 1.54) is 11.8 Å². The third-order valence-electron chi connectivity index (χ3n) is 2.90. The smallest absolute Gasteiger partial charge is 0.280 e. The molecule has 0 aliphatic heterocycles. The maximum absolute atomic E-state index is 12.0. The second-order valence-corrected chi connectivity index (χ2v) is 5.43. The molecule has 0 amide bonds. The first-order chi connectivity index (χ1) is 9.20. The van der Waals surface area contributed by atoms with E-state index < -0.39 is 0 Å². The van der Waals surface area contributed by atoms with Crippen LogP contribution < -0.4 is 5.56 Å². The summed E-state index contributed by atoms with van der Waals surface area (Å²) >= 11 is 1.50. The number of aryl methyl sites for hydroxylation is 1. The van der Waals surface area contributed by atoms with Crippen molar-refractivity contribution in [3.63, 3.8) is 0 Å². The third kappa shape index (κ3) is 1.98. The lowest BCUT2D eigenvalue weighted by Gasteiger charge is -2.04. The molecular formula is C13H12N4OS. The molecule has 0 radical (unpaired) electrons. The van der Waals surface area contributed by atoms with E-state index in [1.807, 2.05) is 32.0 Å². The first-order valence-corrected chi connectivity index (χ1v) is 6.98. The van der Waals surface area contributed by atoms with E-state index in [0.29, 0.717) is 16.2 Å². The molecule has 0 unspecified atom stereocenters. The Kier molecular flexibility index (Phi) is 2.94. The largest absolute Gasteiger partial charge is 0.300 e. The fourth-order valence-corrected chi connectivity index (χ4v) is 2.61. The van der Waals surface area contributed by atoms with Crippen molar-refractivity contribution in [3.05, 3.63) is 34.1 Å². The van der Waals surface area contributed by atoms with Crippen LogP contribution in [0.1, 0.15) is 12.5 Å². The number of rotatable bonds is 2. The van der Waals surface area contributed by atoms with Crippen LogP contribution in [0.4, 0.5) is 0 Å². The van der Waals surface area contributed by atoms with Crippen LogP contribution in [0.3, 0.4) is 0 Å². The molecular weight excluding hydrogens is 260 g/mol. The Morgan fingerprint density at radius 1 is 1.21 bits per heavy atom. The van der Waals surface area contributed by atoms with Crippen LogP contribution in [0, 0.1) is 6.92 Å². The van der Waals surface area contributed by atoms with Crippen LogP contribution in [-0.4, -0.2) is 25.9 Å². The Balaban J connectivity index is 2.46. The standard InChI is InChI=1S/C13H12N4OS/c1-3-19-13-14-10-8-6-4-5-7(2)9(8)16-17-11(10)12(18)15-13/h4-6H,3H2,1-2H3,(H,14,15,18). The second kappa shape index (κ2) is 4.62. The highest BCUT2D eigenvalue weighted by atomic mass is 32.2. The Labute approximate surface area is 113 Å². The second-order valence-electron chi connectivity index (χ2n) is 4.17. The monoisotopic (exact) mass is 272 g/mol. The van der Waals surface area contributed by atoms with Gasteiger partial charge in [0.15, 0.2) is 10.7 Å². The van der Waals surface area contributed by atoms with Crippen LogP contribution >= 0.6 is 11.8 Å². The van der Waals surface area contributed by atoms with E-state index in [0.717, 1.165) is 22.2 Å². The highest BCUT2D eigenvalue weighted by Crippen LogP contribution is 2.22. The van der Waals surface area contributed by atoms with E-state index in [1.54, 1.807) is 0 Å². The number of thioether (sulfide) groups is 1. The van der Waals surface area contributed by atoms with Crippen molar-refractivity contribution < 1.29 is 0 Å². The van der Waals surface area contributed by atoms with Crippen LogP contribution in [0.15, 0.2) is 28.2 Å². The minimum Gasteiger partial charge on any atom is -0.300 e. The summed E-state index contributed by atoms with van der Waals surface area (Å²) in [6.45, 7) is 3.99. The third-order valence-corrected chi connectivity index (χ3v) is 3.65. The van der Waals surface area contributed by atoms with E-state index in [9.17, 15) is 4.79 Å². The first kappa shape index (κ1) is 12.1. The van der Waals surface area contributed by atoms with Gasteiger partial charge in [-0.2, -0.15) is 0 Å². The zero-order chi connectivity index (χ0) is 13.4. The quantitative estimate of drug-likeness (QED) is 0.440. The number of hydrogen-bond donors (Lipinski definition) is 1. The average molecular weight is 272 g/mol. The number of hydrogen-bond acceptors (Lipinski definition) is 5. The van der Waals surface area contributed by atoms with Crippen LogP contribution in [0.2, 0.25) is 0 Å². The highest BCUT2D eigenvalue weighted by molar-refractivity contribution is 7.99. The highest BCUT2D eigenvalue weighted by Gasteiger charge is 2.11. The summed E-state index contributed by atoms with van der Waals surface area (Å²) in [4.78, 5) is 19.2. The van der Waals surface area contributed by atoms with Crippen molar-refractivity contribution in [2.24, 2.45) is 0 Å². The Bertz CT molecular complexity index is 828. The molecule has 0 spiro atoms. The molecule has 2 heterocycles. The minimum atomic E-state index is -0.239. The van der Waals surface area contributed by atoms with Crippen LogP contribution in [-0.2, 0) is 0 Å². The number of aromatic nitrogens is 4. The Hall–Kier alpha value is -1.95. The van der Waals surface area contributed by atoms with Crippen molar-refractivity contribution >= 4 is 33.7 Å². The summed E-state index contributed by atoms with van der Waals surface area (Å²) in [6, 6.07) is 5.83. The molecule has 3 rings (SSSR count). The van der Waals surface area contributed by atoms with Gasteiger partial charge in [0.05, 0.1) is 5.52 Å². The van der Waals surface area contributed by atoms with Crippen molar-refractivity contribution in [2.45, 2.75) is 19.0 Å².